The highest BCUT2D eigenvalue weighted by atomic mass is 79.9. The van der Waals surface area contributed by atoms with Gasteiger partial charge >= 0.3 is 0 Å². The Morgan fingerprint density at radius 2 is 2.21 bits per heavy atom. The average Bonchev–Trinajstić information content (AvgIpc) is 2.61. The molecule has 1 heterocycles. The molecule has 3 rings (SSSR count). The summed E-state index contributed by atoms with van der Waals surface area (Å²) in [4.78, 5) is 3.11. The fraction of sp³-hybridized carbons (Fsp3) is 0.500. The molecular weight excluding hydrogens is 327 g/mol. The number of aromatic amines is 1. The zero-order chi connectivity index (χ0) is 13.6. The molecule has 0 saturated heterocycles. The van der Waals surface area contributed by atoms with Gasteiger partial charge in [-0.15, -0.1) is 0 Å². The Kier molecular flexibility index (Phi) is 3.29. The first-order valence-corrected chi connectivity index (χ1v) is 7.82. The van der Waals surface area contributed by atoms with Gasteiger partial charge in [0.15, 0.2) is 4.77 Å². The predicted octanol–water partition coefficient (Wildman–Crippen LogP) is 5.18. The highest BCUT2D eigenvalue weighted by Gasteiger charge is 2.35. The Bertz CT molecular complexity index is 679. The minimum Gasteiger partial charge on any atom is -0.330 e. The van der Waals surface area contributed by atoms with Gasteiger partial charge in [-0.25, -0.2) is 4.39 Å². The first-order chi connectivity index (χ1) is 9.04. The molecule has 102 valence electrons. The van der Waals surface area contributed by atoms with Gasteiger partial charge < -0.3 is 9.55 Å². The Morgan fingerprint density at radius 3 is 2.79 bits per heavy atom. The van der Waals surface area contributed by atoms with E-state index in [9.17, 15) is 4.39 Å². The molecule has 2 aromatic rings. The van der Waals surface area contributed by atoms with E-state index in [1.54, 1.807) is 0 Å². The summed E-state index contributed by atoms with van der Waals surface area (Å²) in [6.45, 7) is 3.17. The fourth-order valence-electron chi connectivity index (χ4n) is 2.94. The van der Waals surface area contributed by atoms with Crippen LogP contribution in [0.3, 0.4) is 0 Å². The maximum Gasteiger partial charge on any atom is 0.178 e. The molecule has 2 nitrogen and oxygen atoms in total. The third-order valence-electron chi connectivity index (χ3n) is 4.47. The smallest absolute Gasteiger partial charge is 0.178 e. The van der Waals surface area contributed by atoms with Crippen LogP contribution in [-0.2, 0) is 6.54 Å². The van der Waals surface area contributed by atoms with E-state index in [0.717, 1.165) is 17.6 Å². The third-order valence-corrected chi connectivity index (χ3v) is 5.40. The van der Waals surface area contributed by atoms with E-state index in [0.29, 0.717) is 14.7 Å². The van der Waals surface area contributed by atoms with E-state index in [2.05, 4.69) is 32.4 Å². The zero-order valence-corrected chi connectivity index (χ0v) is 13.2. The van der Waals surface area contributed by atoms with Gasteiger partial charge in [0.1, 0.15) is 5.82 Å². The molecule has 0 unspecified atom stereocenters. The number of aromatic nitrogens is 2. The average molecular weight is 343 g/mol. The van der Waals surface area contributed by atoms with Crippen LogP contribution in [0.15, 0.2) is 16.6 Å². The van der Waals surface area contributed by atoms with E-state index < -0.39 is 0 Å². The Morgan fingerprint density at radius 1 is 1.47 bits per heavy atom. The Labute approximate surface area is 125 Å². The van der Waals surface area contributed by atoms with Gasteiger partial charge in [0.2, 0.25) is 0 Å². The molecule has 1 saturated carbocycles. The molecule has 1 N–H and O–H groups in total. The van der Waals surface area contributed by atoms with Gasteiger partial charge in [-0.3, -0.25) is 0 Å². The fourth-order valence-corrected chi connectivity index (χ4v) is 3.55. The number of benzene rings is 1. The summed E-state index contributed by atoms with van der Waals surface area (Å²) in [5.74, 6) is -0.259. The molecule has 0 radical (unpaired) electrons. The minimum absolute atomic E-state index is 0.259. The van der Waals surface area contributed by atoms with Gasteiger partial charge in [-0.1, -0.05) is 13.3 Å². The monoisotopic (exact) mass is 342 g/mol. The second-order valence-corrected chi connectivity index (χ2v) is 6.75. The van der Waals surface area contributed by atoms with Gasteiger partial charge in [0, 0.05) is 12.6 Å². The van der Waals surface area contributed by atoms with E-state index in [1.807, 2.05) is 6.07 Å². The van der Waals surface area contributed by atoms with Crippen LogP contribution in [0.4, 0.5) is 4.39 Å². The molecule has 0 spiro atoms. The number of H-pyrrole nitrogens is 1. The highest BCUT2D eigenvalue weighted by Crippen LogP contribution is 2.45. The molecule has 1 fully saturated rings. The lowest BCUT2D eigenvalue weighted by Gasteiger charge is -2.41. The Balaban J connectivity index is 2.10. The quantitative estimate of drug-likeness (QED) is 0.762. The molecule has 0 amide bonds. The minimum atomic E-state index is -0.259. The second-order valence-electron chi connectivity index (χ2n) is 5.51. The van der Waals surface area contributed by atoms with E-state index in [4.69, 9.17) is 12.2 Å². The van der Waals surface area contributed by atoms with Crippen molar-refractivity contribution in [1.29, 1.82) is 0 Å². The summed E-state index contributed by atoms with van der Waals surface area (Å²) >= 11 is 8.65. The lowest BCUT2D eigenvalue weighted by molar-refractivity contribution is 0.101. The van der Waals surface area contributed by atoms with Crippen LogP contribution in [0, 0.1) is 16.0 Å². The van der Waals surface area contributed by atoms with E-state index in [1.165, 1.54) is 31.7 Å². The number of hydrogen-bond acceptors (Lipinski definition) is 1. The molecule has 1 aliphatic rings. The Hall–Kier alpha value is -0.680. The van der Waals surface area contributed by atoms with Crippen molar-refractivity contribution in [2.24, 2.45) is 5.41 Å². The van der Waals surface area contributed by atoms with Crippen LogP contribution in [-0.4, -0.2) is 9.55 Å². The largest absolute Gasteiger partial charge is 0.330 e. The van der Waals surface area contributed by atoms with Crippen LogP contribution in [0.25, 0.3) is 11.0 Å². The molecule has 0 aliphatic heterocycles. The molecule has 5 heteroatoms. The van der Waals surface area contributed by atoms with Crippen molar-refractivity contribution in [1.82, 2.24) is 9.55 Å². The van der Waals surface area contributed by atoms with Gasteiger partial charge in [-0.2, -0.15) is 0 Å². The van der Waals surface area contributed by atoms with Crippen LogP contribution in [0.5, 0.6) is 0 Å². The number of nitrogens with one attached hydrogen (secondary N) is 1. The molecule has 1 aromatic carbocycles. The van der Waals surface area contributed by atoms with Crippen LogP contribution >= 0.6 is 28.1 Å². The highest BCUT2D eigenvalue weighted by molar-refractivity contribution is 9.10. The topological polar surface area (TPSA) is 20.7 Å². The van der Waals surface area contributed by atoms with Crippen molar-refractivity contribution >= 4 is 39.2 Å². The molecule has 0 atom stereocenters. The SMILES string of the molecule is CCC1(Cn2c(=S)[nH]c3cc(F)c(Br)cc32)CCC1. The van der Waals surface area contributed by atoms with Crippen LogP contribution < -0.4 is 0 Å². The summed E-state index contributed by atoms with van der Waals surface area (Å²) in [5.41, 5.74) is 2.14. The molecular formula is C14H16BrFN2S. The number of imidazole rings is 1. The number of hydrogen-bond donors (Lipinski definition) is 1. The zero-order valence-electron chi connectivity index (χ0n) is 10.8. The molecule has 0 bridgehead atoms. The van der Waals surface area contributed by atoms with Crippen molar-refractivity contribution in [3.8, 4) is 0 Å². The van der Waals surface area contributed by atoms with Gasteiger partial charge in [0.25, 0.3) is 0 Å². The van der Waals surface area contributed by atoms with Gasteiger partial charge in [-0.05, 0) is 58.9 Å². The lowest BCUT2D eigenvalue weighted by Crippen LogP contribution is -2.33. The standard InChI is InChI=1S/C14H16BrFN2S/c1-2-14(4-3-5-14)8-18-12-6-9(15)10(16)7-11(12)17-13(18)19/h6-7H,2-5,8H2,1H3,(H,17,19). The number of nitrogens with zero attached hydrogens (tertiary/aromatic N) is 1. The van der Waals surface area contributed by atoms with Crippen molar-refractivity contribution in [3.05, 3.63) is 27.2 Å². The predicted molar refractivity (Wildman–Crippen MR) is 81.4 cm³/mol. The third kappa shape index (κ3) is 2.17. The summed E-state index contributed by atoms with van der Waals surface area (Å²) in [5, 5.41) is 0. The van der Waals surface area contributed by atoms with Crippen LogP contribution in [0.1, 0.15) is 32.6 Å². The molecule has 19 heavy (non-hydrogen) atoms. The molecule has 1 aliphatic carbocycles. The first kappa shape index (κ1) is 13.3. The first-order valence-electron chi connectivity index (χ1n) is 6.62. The maximum atomic E-state index is 13.6. The summed E-state index contributed by atoms with van der Waals surface area (Å²) in [6, 6.07) is 3.32. The maximum absolute atomic E-state index is 13.6. The summed E-state index contributed by atoms with van der Waals surface area (Å²) < 4.78 is 16.9. The van der Waals surface area contributed by atoms with Crippen molar-refractivity contribution < 1.29 is 4.39 Å². The number of fused-ring (bicyclic) bond motifs is 1. The summed E-state index contributed by atoms with van der Waals surface area (Å²) in [7, 11) is 0. The summed E-state index contributed by atoms with van der Waals surface area (Å²) in [6.07, 6.45) is 5.01. The normalized spacial score (nSPS) is 17.6. The number of halogens is 2. The lowest BCUT2D eigenvalue weighted by atomic mass is 9.67. The number of rotatable bonds is 3. The van der Waals surface area contributed by atoms with E-state index >= 15 is 0 Å². The molecule has 1 aromatic heterocycles. The second kappa shape index (κ2) is 4.70. The van der Waals surface area contributed by atoms with Gasteiger partial charge in [0.05, 0.1) is 15.5 Å². The van der Waals surface area contributed by atoms with Crippen molar-refractivity contribution in [2.75, 3.05) is 0 Å². The van der Waals surface area contributed by atoms with E-state index in [-0.39, 0.29) is 5.82 Å². The van der Waals surface area contributed by atoms with Crippen LogP contribution in [0.2, 0.25) is 0 Å². The van der Waals surface area contributed by atoms with Crippen molar-refractivity contribution in [3.63, 3.8) is 0 Å². The van der Waals surface area contributed by atoms with Crippen molar-refractivity contribution in [2.45, 2.75) is 39.2 Å².